The minimum absolute atomic E-state index is 0.0995. The number of nitrogens with zero attached hydrogens (tertiary/aromatic N) is 2. The molecule has 0 radical (unpaired) electrons. The Bertz CT molecular complexity index is 202. The fourth-order valence-electron chi connectivity index (χ4n) is 0.807. The number of ether oxygens (including phenoxy) is 1. The maximum atomic E-state index is 8.51. The summed E-state index contributed by atoms with van der Waals surface area (Å²) in [6, 6.07) is 0. The van der Waals surface area contributed by atoms with Gasteiger partial charge in [0.15, 0.2) is 5.75 Å². The summed E-state index contributed by atoms with van der Waals surface area (Å²) in [5, 5.41) is 11.7. The van der Waals surface area contributed by atoms with Crippen LogP contribution in [0.2, 0.25) is 0 Å². The lowest BCUT2D eigenvalue weighted by atomic mass is 10.5. The predicted octanol–water partition coefficient (Wildman–Crippen LogP) is -0.212. The number of rotatable bonds is 0. The van der Waals surface area contributed by atoms with Gasteiger partial charge in [0.25, 0.3) is 0 Å². The van der Waals surface area contributed by atoms with Gasteiger partial charge in [-0.2, -0.15) is 0 Å². The van der Waals surface area contributed by atoms with Crippen molar-refractivity contribution < 1.29 is 9.84 Å². The normalized spacial score (nSPS) is 15.7. The highest BCUT2D eigenvalue weighted by molar-refractivity contribution is 5.06. The van der Waals surface area contributed by atoms with E-state index in [1.807, 2.05) is 0 Å². The third-order valence-corrected chi connectivity index (χ3v) is 1.39. The topological polar surface area (TPSA) is 67.3 Å². The van der Waals surface area contributed by atoms with Gasteiger partial charge >= 0.3 is 0 Å². The van der Waals surface area contributed by atoms with Crippen molar-refractivity contribution in [1.29, 1.82) is 0 Å². The van der Waals surface area contributed by atoms with Crippen LogP contribution in [0.15, 0.2) is 18.7 Å². The monoisotopic (exact) mass is 183 g/mol. The molecule has 0 spiro atoms. The summed E-state index contributed by atoms with van der Waals surface area (Å²) >= 11 is 0. The Hall–Kier alpha value is -1.20. The lowest BCUT2D eigenvalue weighted by molar-refractivity contribution is 0.109. The molecule has 1 saturated heterocycles. The molecule has 2 rings (SSSR count). The molecule has 0 atom stereocenters. The number of aromatic nitrogens is 2. The molecule has 72 valence electrons. The smallest absolute Gasteiger partial charge is 0.152 e. The first-order chi connectivity index (χ1) is 6.39. The van der Waals surface area contributed by atoms with Gasteiger partial charge in [-0.1, -0.05) is 0 Å². The Balaban J connectivity index is 0.000000132. The molecule has 2 N–H and O–H groups in total. The number of hydrogen-bond donors (Lipinski definition) is 2. The van der Waals surface area contributed by atoms with Gasteiger partial charge < -0.3 is 15.2 Å². The van der Waals surface area contributed by atoms with Crippen LogP contribution in [-0.2, 0) is 4.74 Å². The Kier molecular flexibility index (Phi) is 4.81. The van der Waals surface area contributed by atoms with Crippen LogP contribution in [0.5, 0.6) is 5.75 Å². The second-order valence-corrected chi connectivity index (χ2v) is 2.46. The first kappa shape index (κ1) is 9.88. The van der Waals surface area contributed by atoms with Crippen LogP contribution in [0.25, 0.3) is 0 Å². The largest absolute Gasteiger partial charge is 0.505 e. The van der Waals surface area contributed by atoms with Crippen molar-refractivity contribution in [3.8, 4) is 5.75 Å². The van der Waals surface area contributed by atoms with Gasteiger partial charge in [-0.05, 0) is 0 Å². The number of aromatic hydroxyl groups is 1. The van der Waals surface area contributed by atoms with Crippen molar-refractivity contribution in [3.63, 3.8) is 0 Å². The van der Waals surface area contributed by atoms with Gasteiger partial charge in [0.05, 0.1) is 25.6 Å². The van der Waals surface area contributed by atoms with Crippen LogP contribution < -0.4 is 5.32 Å². The fourth-order valence-corrected chi connectivity index (χ4v) is 0.807. The zero-order valence-electron chi connectivity index (χ0n) is 7.31. The molecule has 0 aromatic carbocycles. The third kappa shape index (κ3) is 5.10. The number of hydrogen-bond acceptors (Lipinski definition) is 5. The molecule has 0 bridgehead atoms. The first-order valence-electron chi connectivity index (χ1n) is 4.12. The van der Waals surface area contributed by atoms with Crippen molar-refractivity contribution in [3.05, 3.63) is 18.7 Å². The summed E-state index contributed by atoms with van der Waals surface area (Å²) in [5.41, 5.74) is 0. The van der Waals surface area contributed by atoms with Crippen LogP contribution in [-0.4, -0.2) is 41.4 Å². The van der Waals surface area contributed by atoms with Crippen molar-refractivity contribution in [1.82, 2.24) is 15.3 Å². The van der Waals surface area contributed by atoms with Gasteiger partial charge in [0.1, 0.15) is 6.33 Å². The van der Waals surface area contributed by atoms with E-state index in [0.29, 0.717) is 0 Å². The molecule has 1 aromatic heterocycles. The highest BCUT2D eigenvalue weighted by Crippen LogP contribution is 1.96. The summed E-state index contributed by atoms with van der Waals surface area (Å²) in [4.78, 5) is 7.05. The minimum atomic E-state index is 0.0995. The molecule has 13 heavy (non-hydrogen) atoms. The van der Waals surface area contributed by atoms with E-state index in [0.717, 1.165) is 26.3 Å². The standard InChI is InChI=1S/C4H4N2O.C4H9NO/c7-4-1-5-3-6-2-4;1-3-6-4-2-5-1/h1-3,7H;5H,1-4H2. The Labute approximate surface area is 76.8 Å². The van der Waals surface area contributed by atoms with E-state index in [4.69, 9.17) is 9.84 Å². The van der Waals surface area contributed by atoms with Crippen LogP contribution in [0.1, 0.15) is 0 Å². The Morgan fingerprint density at radius 3 is 2.08 bits per heavy atom. The summed E-state index contributed by atoms with van der Waals surface area (Å²) in [6.07, 6.45) is 4.01. The maximum absolute atomic E-state index is 8.51. The summed E-state index contributed by atoms with van der Waals surface area (Å²) in [5.74, 6) is 0.0995. The SMILES string of the molecule is C1COCCN1.Oc1cncnc1. The average Bonchev–Trinajstić information content (AvgIpc) is 2.22. The molecule has 2 heterocycles. The maximum Gasteiger partial charge on any atom is 0.152 e. The lowest BCUT2D eigenvalue weighted by Crippen LogP contribution is -2.30. The van der Waals surface area contributed by atoms with E-state index < -0.39 is 0 Å². The van der Waals surface area contributed by atoms with Gasteiger partial charge in [0, 0.05) is 13.1 Å². The third-order valence-electron chi connectivity index (χ3n) is 1.39. The van der Waals surface area contributed by atoms with Crippen molar-refractivity contribution in [2.24, 2.45) is 0 Å². The van der Waals surface area contributed by atoms with E-state index in [1.165, 1.54) is 18.7 Å². The minimum Gasteiger partial charge on any atom is -0.505 e. The average molecular weight is 183 g/mol. The molecular formula is C8H13N3O2. The summed E-state index contributed by atoms with van der Waals surface area (Å²) in [7, 11) is 0. The molecule has 0 aliphatic carbocycles. The molecule has 1 aromatic rings. The van der Waals surface area contributed by atoms with Crippen LogP contribution in [0.3, 0.4) is 0 Å². The van der Waals surface area contributed by atoms with E-state index in [-0.39, 0.29) is 5.75 Å². The van der Waals surface area contributed by atoms with Crippen molar-refractivity contribution in [2.45, 2.75) is 0 Å². The molecule has 5 nitrogen and oxygen atoms in total. The molecule has 5 heteroatoms. The molecule has 0 unspecified atom stereocenters. The highest BCUT2D eigenvalue weighted by atomic mass is 16.5. The zero-order chi connectivity index (χ0) is 9.36. The van der Waals surface area contributed by atoms with Gasteiger partial charge in [-0.15, -0.1) is 0 Å². The molecular weight excluding hydrogens is 170 g/mol. The highest BCUT2D eigenvalue weighted by Gasteiger charge is 1.92. The number of morpholine rings is 1. The van der Waals surface area contributed by atoms with Gasteiger partial charge in [-0.25, -0.2) is 9.97 Å². The summed E-state index contributed by atoms with van der Waals surface area (Å²) < 4.78 is 5.01. The van der Waals surface area contributed by atoms with Crippen molar-refractivity contribution in [2.75, 3.05) is 26.3 Å². The van der Waals surface area contributed by atoms with E-state index in [2.05, 4.69) is 15.3 Å². The second-order valence-electron chi connectivity index (χ2n) is 2.46. The molecule has 1 aliphatic heterocycles. The molecule has 1 fully saturated rings. The molecule has 0 amide bonds. The zero-order valence-corrected chi connectivity index (χ0v) is 7.31. The quantitative estimate of drug-likeness (QED) is 0.582. The number of nitrogens with one attached hydrogen (secondary N) is 1. The van der Waals surface area contributed by atoms with Crippen LogP contribution >= 0.6 is 0 Å². The Morgan fingerprint density at radius 1 is 1.23 bits per heavy atom. The van der Waals surface area contributed by atoms with Gasteiger partial charge in [-0.3, -0.25) is 0 Å². The van der Waals surface area contributed by atoms with Crippen LogP contribution in [0, 0.1) is 0 Å². The first-order valence-corrected chi connectivity index (χ1v) is 4.12. The summed E-state index contributed by atoms with van der Waals surface area (Å²) in [6.45, 7) is 3.83. The van der Waals surface area contributed by atoms with Crippen molar-refractivity contribution >= 4 is 0 Å². The fraction of sp³-hybridized carbons (Fsp3) is 0.500. The van der Waals surface area contributed by atoms with E-state index in [1.54, 1.807) is 0 Å². The van der Waals surface area contributed by atoms with Gasteiger partial charge in [0.2, 0.25) is 0 Å². The van der Waals surface area contributed by atoms with E-state index in [9.17, 15) is 0 Å². The Morgan fingerprint density at radius 2 is 1.85 bits per heavy atom. The molecule has 1 aliphatic rings. The predicted molar refractivity (Wildman–Crippen MR) is 47.4 cm³/mol. The lowest BCUT2D eigenvalue weighted by Gasteiger charge is -2.10. The van der Waals surface area contributed by atoms with Crippen LogP contribution in [0.4, 0.5) is 0 Å². The van der Waals surface area contributed by atoms with E-state index >= 15 is 0 Å². The second kappa shape index (κ2) is 6.33. The molecule has 0 saturated carbocycles.